The van der Waals surface area contributed by atoms with E-state index in [4.69, 9.17) is 5.73 Å². The molecule has 1 aliphatic rings. The number of nitrogens with zero attached hydrogens (tertiary/aromatic N) is 1. The highest BCUT2D eigenvalue weighted by molar-refractivity contribution is 7.85. The second kappa shape index (κ2) is 5.69. The van der Waals surface area contributed by atoms with Gasteiger partial charge in [-0.05, 0) is 38.0 Å². The smallest absolute Gasteiger partial charge is 0.235 e. The fraction of sp³-hybridized carbons (Fsp3) is 0.462. The summed E-state index contributed by atoms with van der Waals surface area (Å²) in [7, 11) is -1.56. The van der Waals surface area contributed by atoms with E-state index in [0.29, 0.717) is 12.6 Å². The fourth-order valence-corrected chi connectivity index (χ4v) is 3.09. The topological polar surface area (TPSA) is 63.4 Å². The van der Waals surface area contributed by atoms with Crippen LogP contribution in [-0.2, 0) is 15.6 Å². The molecule has 1 atom stereocenters. The Morgan fingerprint density at radius 1 is 1.47 bits per heavy atom. The monoisotopic (exact) mass is 284 g/mol. The van der Waals surface area contributed by atoms with E-state index >= 15 is 0 Å². The van der Waals surface area contributed by atoms with Crippen molar-refractivity contribution >= 4 is 22.4 Å². The molecule has 1 aliphatic carbocycles. The van der Waals surface area contributed by atoms with Crippen molar-refractivity contribution in [1.29, 1.82) is 0 Å². The molecule has 2 rings (SSSR count). The van der Waals surface area contributed by atoms with Crippen LogP contribution < -0.4 is 5.73 Å². The Labute approximate surface area is 114 Å². The van der Waals surface area contributed by atoms with Crippen LogP contribution in [-0.4, -0.2) is 33.4 Å². The van der Waals surface area contributed by atoms with Gasteiger partial charge in [-0.3, -0.25) is 9.00 Å². The number of nitrogen functional groups attached to an aromatic ring is 1. The summed E-state index contributed by atoms with van der Waals surface area (Å²) in [6, 6.07) is 4.06. The Balaban J connectivity index is 2.05. The Morgan fingerprint density at radius 2 is 2.16 bits per heavy atom. The molecule has 0 heterocycles. The van der Waals surface area contributed by atoms with Gasteiger partial charge >= 0.3 is 0 Å². The summed E-state index contributed by atoms with van der Waals surface area (Å²) in [5, 5.41) is 0. The van der Waals surface area contributed by atoms with E-state index in [1.807, 2.05) is 6.92 Å². The van der Waals surface area contributed by atoms with Gasteiger partial charge < -0.3 is 10.6 Å². The minimum Gasteiger partial charge on any atom is -0.399 e. The highest BCUT2D eigenvalue weighted by atomic mass is 32.2. The van der Waals surface area contributed by atoms with Crippen LogP contribution in [0, 0.1) is 5.82 Å². The number of benzene rings is 1. The largest absolute Gasteiger partial charge is 0.399 e. The molecule has 0 saturated heterocycles. The SMILES string of the molecule is CCN(C(=O)CS(=O)c1cc(N)cc(F)c1)C1CC1. The third-order valence-corrected chi connectivity index (χ3v) is 4.33. The zero-order chi connectivity index (χ0) is 14.0. The summed E-state index contributed by atoms with van der Waals surface area (Å²) in [5.41, 5.74) is 5.72. The predicted octanol–water partition coefficient (Wildman–Crippen LogP) is 1.53. The lowest BCUT2D eigenvalue weighted by Crippen LogP contribution is -2.36. The van der Waals surface area contributed by atoms with E-state index < -0.39 is 16.6 Å². The molecule has 1 unspecified atom stereocenters. The van der Waals surface area contributed by atoms with E-state index in [-0.39, 0.29) is 22.2 Å². The van der Waals surface area contributed by atoms with Crippen LogP contribution in [0.15, 0.2) is 23.1 Å². The van der Waals surface area contributed by atoms with Crippen molar-refractivity contribution in [3.05, 3.63) is 24.0 Å². The Hall–Kier alpha value is -1.43. The van der Waals surface area contributed by atoms with Crippen LogP contribution in [0.3, 0.4) is 0 Å². The van der Waals surface area contributed by atoms with Crippen molar-refractivity contribution in [2.45, 2.75) is 30.7 Å². The van der Waals surface area contributed by atoms with Crippen LogP contribution >= 0.6 is 0 Å². The molecule has 6 heteroatoms. The molecule has 1 fully saturated rings. The van der Waals surface area contributed by atoms with Gasteiger partial charge in [0.1, 0.15) is 11.6 Å². The normalized spacial score (nSPS) is 16.1. The third kappa shape index (κ3) is 3.53. The number of rotatable bonds is 5. The van der Waals surface area contributed by atoms with Gasteiger partial charge in [0.05, 0.1) is 10.8 Å². The van der Waals surface area contributed by atoms with Gasteiger partial charge in [-0.1, -0.05) is 0 Å². The van der Waals surface area contributed by atoms with E-state index in [1.54, 1.807) is 4.90 Å². The standard InChI is InChI=1S/C13H17FN2O2S/c1-2-16(11-3-4-11)13(17)8-19(18)12-6-9(14)5-10(15)7-12/h5-7,11H,2-4,8,15H2,1H3. The third-order valence-electron chi connectivity index (χ3n) is 3.06. The van der Waals surface area contributed by atoms with Crippen LogP contribution in [0.25, 0.3) is 0 Å². The van der Waals surface area contributed by atoms with Gasteiger partial charge in [0.15, 0.2) is 0 Å². The molecule has 0 radical (unpaired) electrons. The number of anilines is 1. The molecule has 104 valence electrons. The summed E-state index contributed by atoms with van der Waals surface area (Å²) in [6.07, 6.45) is 2.03. The van der Waals surface area contributed by atoms with Crippen molar-refractivity contribution in [2.24, 2.45) is 0 Å². The minimum absolute atomic E-state index is 0.118. The van der Waals surface area contributed by atoms with Crippen LogP contribution in [0.2, 0.25) is 0 Å². The molecule has 1 saturated carbocycles. The first-order valence-corrected chi connectivity index (χ1v) is 7.57. The van der Waals surface area contributed by atoms with Gasteiger partial charge in [0.25, 0.3) is 0 Å². The predicted molar refractivity (Wildman–Crippen MR) is 72.5 cm³/mol. The molecule has 0 aliphatic heterocycles. The van der Waals surface area contributed by atoms with Crippen molar-refractivity contribution in [2.75, 3.05) is 18.0 Å². The van der Waals surface area contributed by atoms with Gasteiger partial charge in [-0.25, -0.2) is 4.39 Å². The number of amides is 1. The van der Waals surface area contributed by atoms with Crippen LogP contribution in [0.5, 0.6) is 0 Å². The molecule has 0 bridgehead atoms. The average Bonchev–Trinajstić information content (AvgIpc) is 3.13. The molecule has 1 aromatic rings. The summed E-state index contributed by atoms with van der Waals surface area (Å²) in [5.74, 6) is -0.802. The number of nitrogens with two attached hydrogens (primary N) is 1. The van der Waals surface area contributed by atoms with Gasteiger partial charge in [0, 0.05) is 23.2 Å². The summed E-state index contributed by atoms with van der Waals surface area (Å²) >= 11 is 0. The van der Waals surface area contributed by atoms with Crippen LogP contribution in [0.1, 0.15) is 19.8 Å². The highest BCUT2D eigenvalue weighted by Gasteiger charge is 2.31. The molecule has 4 nitrogen and oxygen atoms in total. The Bertz CT molecular complexity index is 497. The maximum Gasteiger partial charge on any atom is 0.235 e. The Kier molecular flexibility index (Phi) is 4.19. The molecule has 2 N–H and O–H groups in total. The lowest BCUT2D eigenvalue weighted by molar-refractivity contribution is -0.128. The quantitative estimate of drug-likeness (QED) is 0.834. The number of carbonyl (C=O) groups excluding carboxylic acids is 1. The van der Waals surface area contributed by atoms with E-state index in [2.05, 4.69) is 0 Å². The van der Waals surface area contributed by atoms with E-state index in [9.17, 15) is 13.4 Å². The summed E-state index contributed by atoms with van der Waals surface area (Å²) < 4.78 is 25.2. The van der Waals surface area contributed by atoms with Crippen molar-refractivity contribution in [1.82, 2.24) is 4.90 Å². The molecule has 0 spiro atoms. The summed E-state index contributed by atoms with van der Waals surface area (Å²) in [4.78, 5) is 14.0. The lowest BCUT2D eigenvalue weighted by Gasteiger charge is -2.20. The Morgan fingerprint density at radius 3 is 2.68 bits per heavy atom. The first kappa shape index (κ1) is 14.0. The number of hydrogen-bond acceptors (Lipinski definition) is 3. The number of hydrogen-bond donors (Lipinski definition) is 1. The molecule has 1 aromatic carbocycles. The first-order valence-electron chi connectivity index (χ1n) is 6.25. The summed E-state index contributed by atoms with van der Waals surface area (Å²) in [6.45, 7) is 2.52. The van der Waals surface area contributed by atoms with Crippen molar-refractivity contribution in [3.8, 4) is 0 Å². The zero-order valence-electron chi connectivity index (χ0n) is 10.8. The van der Waals surface area contributed by atoms with Gasteiger partial charge in [-0.15, -0.1) is 0 Å². The molecular weight excluding hydrogens is 267 g/mol. The molecule has 19 heavy (non-hydrogen) atoms. The maximum atomic E-state index is 13.2. The minimum atomic E-state index is -1.56. The second-order valence-electron chi connectivity index (χ2n) is 4.62. The first-order chi connectivity index (χ1) is 9.01. The van der Waals surface area contributed by atoms with Crippen molar-refractivity contribution in [3.63, 3.8) is 0 Å². The average molecular weight is 284 g/mol. The van der Waals surface area contributed by atoms with Gasteiger partial charge in [-0.2, -0.15) is 0 Å². The van der Waals surface area contributed by atoms with E-state index in [1.165, 1.54) is 6.07 Å². The van der Waals surface area contributed by atoms with Crippen LogP contribution in [0.4, 0.5) is 10.1 Å². The van der Waals surface area contributed by atoms with Gasteiger partial charge in [0.2, 0.25) is 5.91 Å². The number of carbonyl (C=O) groups is 1. The second-order valence-corrected chi connectivity index (χ2v) is 6.07. The molecule has 1 amide bonds. The lowest BCUT2D eigenvalue weighted by atomic mass is 10.3. The van der Waals surface area contributed by atoms with E-state index in [0.717, 1.165) is 25.0 Å². The zero-order valence-corrected chi connectivity index (χ0v) is 11.6. The molecule has 0 aromatic heterocycles. The highest BCUT2D eigenvalue weighted by Crippen LogP contribution is 2.27. The van der Waals surface area contributed by atoms with Crippen molar-refractivity contribution < 1.29 is 13.4 Å². The fourth-order valence-electron chi connectivity index (χ4n) is 2.02. The maximum absolute atomic E-state index is 13.2. The number of halogens is 1. The molecular formula is C13H17FN2O2S.